The van der Waals surface area contributed by atoms with Crippen LogP contribution in [0.1, 0.15) is 11.1 Å². The largest absolute Gasteiger partial charge is 0.497 e. The Morgan fingerprint density at radius 3 is 2.22 bits per heavy atom. The van der Waals surface area contributed by atoms with Crippen molar-refractivity contribution in [1.29, 1.82) is 5.26 Å². The van der Waals surface area contributed by atoms with Crippen LogP contribution in [0.3, 0.4) is 0 Å². The van der Waals surface area contributed by atoms with Crippen LogP contribution in [-0.4, -0.2) is 25.0 Å². The number of aromatic nitrogens is 1. The van der Waals surface area contributed by atoms with Crippen LogP contribution in [0, 0.1) is 23.7 Å². The summed E-state index contributed by atoms with van der Waals surface area (Å²) in [5.41, 5.74) is 4.52. The van der Waals surface area contributed by atoms with Gasteiger partial charge in [0.2, 0.25) is 5.88 Å². The number of fused-ring (bicyclic) bond motifs is 1. The number of methoxy groups -OCH3 is 2. The number of ether oxygens (including phenoxy) is 2. The molecule has 0 aliphatic heterocycles. The van der Waals surface area contributed by atoms with Gasteiger partial charge < -0.3 is 18.5 Å². The van der Waals surface area contributed by atoms with Gasteiger partial charge in [0.15, 0.2) is 0 Å². The first-order valence-electron chi connectivity index (χ1n) is 11.6. The first-order chi connectivity index (χ1) is 18.2. The fourth-order valence-corrected chi connectivity index (χ4v) is 4.33. The van der Waals surface area contributed by atoms with Crippen LogP contribution in [0.5, 0.6) is 11.5 Å². The molecule has 0 aliphatic carbocycles. The van der Waals surface area contributed by atoms with Gasteiger partial charge in [-0.1, -0.05) is 36.3 Å². The third-order valence-electron chi connectivity index (χ3n) is 6.13. The molecule has 180 valence electrons. The van der Waals surface area contributed by atoms with E-state index in [2.05, 4.69) is 17.0 Å². The molecule has 0 atom stereocenters. The first-order valence-corrected chi connectivity index (χ1v) is 11.6. The number of aliphatic imine (C=N–C) groups is 1. The Balaban J connectivity index is 1.66. The fourth-order valence-electron chi connectivity index (χ4n) is 4.33. The number of hydrogen-bond acceptors (Lipinski definition) is 5. The van der Waals surface area contributed by atoms with Gasteiger partial charge in [-0.05, 0) is 48.0 Å². The first kappa shape index (κ1) is 23.5. The average molecular weight is 486 g/mol. The highest BCUT2D eigenvalue weighted by molar-refractivity contribution is 6.00. The topological polar surface area (TPSA) is 72.7 Å². The summed E-state index contributed by atoms with van der Waals surface area (Å²) in [6.45, 7) is 0.446. The molecule has 0 amide bonds. The highest BCUT2D eigenvalue weighted by atomic mass is 16.5. The second kappa shape index (κ2) is 10.2. The summed E-state index contributed by atoms with van der Waals surface area (Å²) >= 11 is 0. The van der Waals surface area contributed by atoms with Crippen LogP contribution in [0.25, 0.3) is 33.4 Å². The van der Waals surface area contributed by atoms with E-state index in [1.807, 2.05) is 83.6 Å². The van der Waals surface area contributed by atoms with E-state index < -0.39 is 0 Å². The second-order valence-electron chi connectivity index (χ2n) is 8.25. The fraction of sp³-hybridized carbons (Fsp3) is 0.0968. The maximum atomic E-state index is 10.2. The lowest BCUT2D eigenvalue weighted by atomic mass is 9.98. The van der Waals surface area contributed by atoms with E-state index in [0.717, 1.165) is 39.1 Å². The Morgan fingerprint density at radius 2 is 1.59 bits per heavy atom. The minimum absolute atomic E-state index is 0.230. The van der Waals surface area contributed by atoms with Crippen molar-refractivity contribution in [1.82, 2.24) is 4.57 Å². The summed E-state index contributed by atoms with van der Waals surface area (Å²) in [7, 11) is 3.23. The molecule has 6 heteroatoms. The van der Waals surface area contributed by atoms with Crippen molar-refractivity contribution in [2.24, 2.45) is 4.99 Å². The number of rotatable bonds is 7. The highest BCUT2D eigenvalue weighted by Gasteiger charge is 2.23. The van der Waals surface area contributed by atoms with E-state index in [-0.39, 0.29) is 5.88 Å². The Hall–Kier alpha value is -5.20. The highest BCUT2D eigenvalue weighted by Crippen LogP contribution is 2.43. The number of para-hydroxylation sites is 1. The number of nitrogens with zero attached hydrogens (tertiary/aromatic N) is 3. The van der Waals surface area contributed by atoms with E-state index in [1.165, 1.54) is 0 Å². The van der Waals surface area contributed by atoms with E-state index in [9.17, 15) is 5.26 Å². The predicted octanol–water partition coefficient (Wildman–Crippen LogP) is 6.84. The third kappa shape index (κ3) is 4.45. The van der Waals surface area contributed by atoms with Crippen LogP contribution in [0.4, 0.5) is 5.88 Å². The molecule has 2 heterocycles. The molecular formula is C31H23N3O3. The second-order valence-corrected chi connectivity index (χ2v) is 8.25. The SMILES string of the molecule is C#CCn1cc(C=Nc2oc(-c3ccc(OC)cc3)c(-c3ccc(OC)cc3)c2C#N)c2ccccc21. The molecule has 0 radical (unpaired) electrons. The van der Waals surface area contributed by atoms with Gasteiger partial charge in [-0.25, -0.2) is 4.99 Å². The minimum Gasteiger partial charge on any atom is -0.497 e. The molecule has 0 saturated carbocycles. The van der Waals surface area contributed by atoms with E-state index >= 15 is 0 Å². The Bertz CT molecular complexity index is 1680. The van der Waals surface area contributed by atoms with E-state index in [4.69, 9.17) is 20.3 Å². The Labute approximate surface area is 215 Å². The van der Waals surface area contributed by atoms with Gasteiger partial charge in [-0.3, -0.25) is 0 Å². The van der Waals surface area contributed by atoms with Crippen LogP contribution in [0.15, 0.2) is 88.4 Å². The molecule has 0 unspecified atom stereocenters. The molecule has 5 rings (SSSR count). The van der Waals surface area contributed by atoms with Crippen LogP contribution in [0.2, 0.25) is 0 Å². The van der Waals surface area contributed by atoms with Gasteiger partial charge in [0.05, 0.1) is 20.8 Å². The molecule has 5 aromatic rings. The van der Waals surface area contributed by atoms with Crippen molar-refractivity contribution < 1.29 is 13.9 Å². The molecule has 2 aromatic heterocycles. The lowest BCUT2D eigenvalue weighted by Gasteiger charge is -2.06. The lowest BCUT2D eigenvalue weighted by Crippen LogP contribution is -1.91. The van der Waals surface area contributed by atoms with Crippen LogP contribution in [-0.2, 0) is 6.54 Å². The number of benzene rings is 3. The molecule has 0 aliphatic rings. The maximum absolute atomic E-state index is 10.2. The number of nitriles is 1. The lowest BCUT2D eigenvalue weighted by molar-refractivity contribution is 0.414. The zero-order valence-corrected chi connectivity index (χ0v) is 20.4. The molecule has 3 aromatic carbocycles. The van der Waals surface area contributed by atoms with Crippen LogP contribution >= 0.6 is 0 Å². The summed E-state index contributed by atoms with van der Waals surface area (Å²) in [6.07, 6.45) is 9.23. The normalized spacial score (nSPS) is 10.9. The van der Waals surface area contributed by atoms with Crippen molar-refractivity contribution >= 4 is 23.0 Å². The van der Waals surface area contributed by atoms with Crippen molar-refractivity contribution in [3.63, 3.8) is 0 Å². The Kier molecular flexibility index (Phi) is 6.48. The van der Waals surface area contributed by atoms with Crippen molar-refractivity contribution in [2.45, 2.75) is 6.54 Å². The van der Waals surface area contributed by atoms with Crippen molar-refractivity contribution in [3.05, 3.63) is 90.1 Å². The summed E-state index contributed by atoms with van der Waals surface area (Å²) in [5, 5.41) is 11.2. The minimum atomic E-state index is 0.230. The monoisotopic (exact) mass is 485 g/mol. The van der Waals surface area contributed by atoms with E-state index in [1.54, 1.807) is 20.4 Å². The number of terminal acetylenes is 1. The van der Waals surface area contributed by atoms with Gasteiger partial charge in [0.25, 0.3) is 0 Å². The summed E-state index contributed by atoms with van der Waals surface area (Å²) in [4.78, 5) is 4.64. The van der Waals surface area contributed by atoms with Gasteiger partial charge in [-0.2, -0.15) is 5.26 Å². The zero-order valence-electron chi connectivity index (χ0n) is 20.4. The molecule has 0 bridgehead atoms. The van der Waals surface area contributed by atoms with Gasteiger partial charge >= 0.3 is 0 Å². The summed E-state index contributed by atoms with van der Waals surface area (Å²) < 4.78 is 18.9. The molecule has 0 saturated heterocycles. The summed E-state index contributed by atoms with van der Waals surface area (Å²) in [6, 6.07) is 25.3. The van der Waals surface area contributed by atoms with E-state index in [0.29, 0.717) is 23.4 Å². The average Bonchev–Trinajstić information content (AvgIpc) is 3.50. The molecule has 6 nitrogen and oxygen atoms in total. The molecule has 0 spiro atoms. The quantitative estimate of drug-likeness (QED) is 0.187. The number of furan rings is 1. The zero-order chi connectivity index (χ0) is 25.8. The molecular weight excluding hydrogens is 462 g/mol. The Morgan fingerprint density at radius 1 is 0.946 bits per heavy atom. The standard InChI is InChI=1S/C31H23N3O3/c1-4-17-34-20-23(26-7-5-6-8-28(26)34)19-33-31-27(18-32)29(21-9-13-24(35-2)14-10-21)30(37-31)22-11-15-25(36-3)16-12-22/h1,5-16,19-20H,17H2,2-3H3. The van der Waals surface area contributed by atoms with Crippen molar-refractivity contribution in [3.8, 4) is 52.4 Å². The third-order valence-corrected chi connectivity index (χ3v) is 6.13. The molecule has 37 heavy (non-hydrogen) atoms. The molecule has 0 N–H and O–H groups in total. The van der Waals surface area contributed by atoms with Gasteiger partial charge in [-0.15, -0.1) is 6.42 Å². The van der Waals surface area contributed by atoms with Gasteiger partial charge in [0.1, 0.15) is 28.9 Å². The number of hydrogen-bond donors (Lipinski definition) is 0. The van der Waals surface area contributed by atoms with Gasteiger partial charge in [0, 0.05) is 40.0 Å². The van der Waals surface area contributed by atoms with Crippen LogP contribution < -0.4 is 9.47 Å². The van der Waals surface area contributed by atoms with Crippen molar-refractivity contribution in [2.75, 3.05) is 14.2 Å². The predicted molar refractivity (Wildman–Crippen MR) is 145 cm³/mol. The maximum Gasteiger partial charge on any atom is 0.238 e. The molecule has 0 fully saturated rings. The summed E-state index contributed by atoms with van der Waals surface area (Å²) in [5.74, 6) is 4.91. The smallest absolute Gasteiger partial charge is 0.238 e.